The number of carbonyl (C=O) groups excluding carboxylic acids is 2. The van der Waals surface area contributed by atoms with Gasteiger partial charge in [-0.05, 0) is 31.5 Å². The Labute approximate surface area is 159 Å². The molecule has 2 rings (SSSR count). The zero-order valence-electron chi connectivity index (χ0n) is 16.1. The van der Waals surface area contributed by atoms with Gasteiger partial charge in [0.25, 0.3) is 0 Å². The Morgan fingerprint density at radius 1 is 1.37 bits per heavy atom. The number of nitrogens with one attached hydrogen (secondary N) is 3. The second kappa shape index (κ2) is 9.89. The number of rotatable bonds is 6. The molecule has 27 heavy (non-hydrogen) atoms. The Hall–Kier alpha value is -2.64. The molecule has 148 valence electrons. The fourth-order valence-corrected chi connectivity index (χ4v) is 2.87. The van der Waals surface area contributed by atoms with Gasteiger partial charge in [-0.15, -0.1) is 0 Å². The monoisotopic (exact) mass is 377 g/mol. The summed E-state index contributed by atoms with van der Waals surface area (Å²) in [6, 6.07) is 5.81. The molecule has 1 aliphatic rings. The van der Waals surface area contributed by atoms with Gasteiger partial charge in [-0.1, -0.05) is 19.9 Å². The summed E-state index contributed by atoms with van der Waals surface area (Å²) in [5, 5.41) is 8.99. The minimum absolute atomic E-state index is 0.0165. The molecule has 0 bridgehead atoms. The number of guanidine groups is 1. The predicted octanol–water partition coefficient (Wildman–Crippen LogP) is 1.58. The molecule has 3 N–H and O–H groups in total. The third-order valence-electron chi connectivity index (χ3n) is 4.17. The molecular formula is C19H28FN5O2. The SMILES string of the molecule is CCNC(=NCC(=O)Nc1cccc(F)c1)NC1CCN(C(=O)C(C)C)C1. The number of halogens is 1. The first-order chi connectivity index (χ1) is 12.9. The lowest BCUT2D eigenvalue weighted by Crippen LogP contribution is -2.45. The lowest BCUT2D eigenvalue weighted by Gasteiger charge is -2.20. The molecule has 7 nitrogen and oxygen atoms in total. The van der Waals surface area contributed by atoms with Crippen LogP contribution in [0.4, 0.5) is 10.1 Å². The van der Waals surface area contributed by atoms with Gasteiger partial charge >= 0.3 is 0 Å². The fraction of sp³-hybridized carbons (Fsp3) is 0.526. The van der Waals surface area contributed by atoms with Crippen LogP contribution >= 0.6 is 0 Å². The van der Waals surface area contributed by atoms with Gasteiger partial charge in [0.1, 0.15) is 12.4 Å². The summed E-state index contributed by atoms with van der Waals surface area (Å²) in [6.07, 6.45) is 0.832. The van der Waals surface area contributed by atoms with Gasteiger partial charge in [0.05, 0.1) is 0 Å². The number of carbonyl (C=O) groups is 2. The van der Waals surface area contributed by atoms with E-state index in [-0.39, 0.29) is 30.3 Å². The van der Waals surface area contributed by atoms with E-state index in [1.54, 1.807) is 6.07 Å². The van der Waals surface area contributed by atoms with Crippen LogP contribution in [0.25, 0.3) is 0 Å². The van der Waals surface area contributed by atoms with Crippen molar-refractivity contribution in [2.24, 2.45) is 10.9 Å². The maximum absolute atomic E-state index is 13.2. The molecule has 2 amide bonds. The number of nitrogens with zero attached hydrogens (tertiary/aromatic N) is 2. The molecule has 1 heterocycles. The second-order valence-corrected chi connectivity index (χ2v) is 6.82. The average molecular weight is 377 g/mol. The Morgan fingerprint density at radius 2 is 2.15 bits per heavy atom. The van der Waals surface area contributed by atoms with E-state index in [0.717, 1.165) is 6.42 Å². The second-order valence-electron chi connectivity index (χ2n) is 6.82. The van der Waals surface area contributed by atoms with Gasteiger partial charge < -0.3 is 20.9 Å². The average Bonchev–Trinajstić information content (AvgIpc) is 3.07. The van der Waals surface area contributed by atoms with Gasteiger partial charge in [-0.3, -0.25) is 9.59 Å². The lowest BCUT2D eigenvalue weighted by atomic mass is 10.2. The Kier molecular flexibility index (Phi) is 7.57. The van der Waals surface area contributed by atoms with E-state index in [0.29, 0.717) is 31.3 Å². The third-order valence-corrected chi connectivity index (χ3v) is 4.17. The molecular weight excluding hydrogens is 349 g/mol. The molecule has 1 saturated heterocycles. The zero-order chi connectivity index (χ0) is 19.8. The third kappa shape index (κ3) is 6.54. The summed E-state index contributed by atoms with van der Waals surface area (Å²) >= 11 is 0. The minimum Gasteiger partial charge on any atom is -0.357 e. The highest BCUT2D eigenvalue weighted by Crippen LogP contribution is 2.13. The molecule has 1 aliphatic heterocycles. The van der Waals surface area contributed by atoms with Crippen LogP contribution in [0.3, 0.4) is 0 Å². The topological polar surface area (TPSA) is 85.8 Å². The van der Waals surface area contributed by atoms with Gasteiger partial charge in [0, 0.05) is 37.3 Å². The normalized spacial score (nSPS) is 17.1. The number of aliphatic imine (C=N–C) groups is 1. The van der Waals surface area contributed by atoms with Crippen molar-refractivity contribution in [1.29, 1.82) is 0 Å². The van der Waals surface area contributed by atoms with Crippen LogP contribution in [0.2, 0.25) is 0 Å². The Balaban J connectivity index is 1.88. The van der Waals surface area contributed by atoms with Crippen LogP contribution in [-0.4, -0.2) is 54.9 Å². The van der Waals surface area contributed by atoms with Crippen LogP contribution in [0.15, 0.2) is 29.3 Å². The van der Waals surface area contributed by atoms with Gasteiger partial charge in [0.15, 0.2) is 5.96 Å². The van der Waals surface area contributed by atoms with Crippen LogP contribution in [0.5, 0.6) is 0 Å². The van der Waals surface area contributed by atoms with Crippen LogP contribution < -0.4 is 16.0 Å². The summed E-state index contributed by atoms with van der Waals surface area (Å²) in [6.45, 7) is 7.63. The quantitative estimate of drug-likeness (QED) is 0.519. The van der Waals surface area contributed by atoms with Gasteiger partial charge in [0.2, 0.25) is 11.8 Å². The molecule has 0 radical (unpaired) electrons. The van der Waals surface area contributed by atoms with Gasteiger partial charge in [-0.25, -0.2) is 9.38 Å². The summed E-state index contributed by atoms with van der Waals surface area (Å²) < 4.78 is 13.2. The Morgan fingerprint density at radius 3 is 2.81 bits per heavy atom. The first-order valence-corrected chi connectivity index (χ1v) is 9.28. The fourth-order valence-electron chi connectivity index (χ4n) is 2.87. The summed E-state index contributed by atoms with van der Waals surface area (Å²) in [5.41, 5.74) is 0.395. The van der Waals surface area contributed by atoms with Crippen LogP contribution in [0, 0.1) is 11.7 Å². The molecule has 0 aliphatic carbocycles. The number of amides is 2. The first kappa shape index (κ1) is 20.7. The molecule has 1 aromatic rings. The minimum atomic E-state index is -0.409. The number of hydrogen-bond acceptors (Lipinski definition) is 3. The van der Waals surface area contributed by atoms with Crippen molar-refractivity contribution in [3.63, 3.8) is 0 Å². The van der Waals surface area contributed by atoms with Crippen molar-refractivity contribution >= 4 is 23.5 Å². The Bertz CT molecular complexity index is 692. The highest BCUT2D eigenvalue weighted by Gasteiger charge is 2.27. The number of hydrogen-bond donors (Lipinski definition) is 3. The molecule has 0 spiro atoms. The molecule has 0 saturated carbocycles. The molecule has 0 aromatic heterocycles. The lowest BCUT2D eigenvalue weighted by molar-refractivity contribution is -0.133. The van der Waals surface area contributed by atoms with Crippen LogP contribution in [-0.2, 0) is 9.59 Å². The van der Waals surface area contributed by atoms with Crippen molar-refractivity contribution in [3.05, 3.63) is 30.1 Å². The van der Waals surface area contributed by atoms with Crippen molar-refractivity contribution in [1.82, 2.24) is 15.5 Å². The highest BCUT2D eigenvalue weighted by molar-refractivity contribution is 5.94. The maximum Gasteiger partial charge on any atom is 0.246 e. The summed E-state index contributed by atoms with van der Waals surface area (Å²) in [5.74, 6) is -0.0856. The summed E-state index contributed by atoms with van der Waals surface area (Å²) in [4.78, 5) is 30.3. The van der Waals surface area contributed by atoms with Crippen LogP contribution in [0.1, 0.15) is 27.2 Å². The number of likely N-dealkylation sites (tertiary alicyclic amines) is 1. The van der Waals surface area contributed by atoms with E-state index >= 15 is 0 Å². The molecule has 1 aromatic carbocycles. The summed E-state index contributed by atoms with van der Waals surface area (Å²) in [7, 11) is 0. The highest BCUT2D eigenvalue weighted by atomic mass is 19.1. The molecule has 8 heteroatoms. The van der Waals surface area contributed by atoms with Crippen molar-refractivity contribution in [2.45, 2.75) is 33.2 Å². The van der Waals surface area contributed by atoms with Crippen molar-refractivity contribution < 1.29 is 14.0 Å². The predicted molar refractivity (Wildman–Crippen MR) is 104 cm³/mol. The van der Waals surface area contributed by atoms with E-state index in [9.17, 15) is 14.0 Å². The number of benzene rings is 1. The molecule has 1 atom stereocenters. The molecule has 1 unspecified atom stereocenters. The van der Waals surface area contributed by atoms with Crippen molar-refractivity contribution in [2.75, 3.05) is 31.5 Å². The zero-order valence-corrected chi connectivity index (χ0v) is 16.1. The van der Waals surface area contributed by atoms with Crippen molar-refractivity contribution in [3.8, 4) is 0 Å². The molecule has 1 fully saturated rings. The van der Waals surface area contributed by atoms with Gasteiger partial charge in [-0.2, -0.15) is 0 Å². The maximum atomic E-state index is 13.2. The first-order valence-electron chi connectivity index (χ1n) is 9.28. The van der Waals surface area contributed by atoms with E-state index in [2.05, 4.69) is 20.9 Å². The van der Waals surface area contributed by atoms with E-state index in [1.807, 2.05) is 25.7 Å². The number of anilines is 1. The smallest absolute Gasteiger partial charge is 0.246 e. The standard InChI is InChI=1S/C19H28FN5O2/c1-4-21-19(24-16-8-9-25(12-16)18(27)13(2)3)22-11-17(26)23-15-7-5-6-14(20)10-15/h5-7,10,13,16H,4,8-9,11-12H2,1-3H3,(H,23,26)(H2,21,22,24). The van der Waals surface area contributed by atoms with E-state index < -0.39 is 5.82 Å². The largest absolute Gasteiger partial charge is 0.357 e. The van der Waals surface area contributed by atoms with E-state index in [1.165, 1.54) is 18.2 Å². The van der Waals surface area contributed by atoms with E-state index in [4.69, 9.17) is 0 Å².